The summed E-state index contributed by atoms with van der Waals surface area (Å²) >= 11 is 1.37. The lowest BCUT2D eigenvalue weighted by atomic mass is 10.1. The first-order valence-corrected chi connectivity index (χ1v) is 12.2. The van der Waals surface area contributed by atoms with Gasteiger partial charge in [0.15, 0.2) is 16.3 Å². The van der Waals surface area contributed by atoms with Gasteiger partial charge in [0.1, 0.15) is 5.82 Å². The number of aromatic nitrogens is 4. The number of amides is 1. The van der Waals surface area contributed by atoms with E-state index < -0.39 is 11.2 Å². The number of halogens is 1. The van der Waals surface area contributed by atoms with Crippen molar-refractivity contribution in [3.63, 3.8) is 0 Å². The molecule has 0 unspecified atom stereocenters. The molecule has 0 bridgehead atoms. The van der Waals surface area contributed by atoms with Crippen LogP contribution in [0.2, 0.25) is 0 Å². The second kappa shape index (κ2) is 10.7. The first kappa shape index (κ1) is 24.5. The van der Waals surface area contributed by atoms with Crippen LogP contribution >= 0.6 is 11.8 Å². The summed E-state index contributed by atoms with van der Waals surface area (Å²) in [5.41, 5.74) is 1.77. The number of thioether (sulfide) groups is 1. The van der Waals surface area contributed by atoms with Crippen LogP contribution in [0.4, 0.5) is 4.39 Å². The number of aryl methyl sites for hydroxylation is 3. The Morgan fingerprint density at radius 3 is 2.43 bits per heavy atom. The summed E-state index contributed by atoms with van der Waals surface area (Å²) in [6.07, 6.45) is 0.937. The second-order valence-electron chi connectivity index (χ2n) is 8.16. The van der Waals surface area contributed by atoms with E-state index in [1.165, 1.54) is 35.5 Å². The number of rotatable bonds is 9. The molecule has 35 heavy (non-hydrogen) atoms. The van der Waals surface area contributed by atoms with Crippen molar-refractivity contribution in [1.29, 1.82) is 0 Å². The summed E-state index contributed by atoms with van der Waals surface area (Å²) in [6, 6.07) is 15.9. The second-order valence-corrected chi connectivity index (χ2v) is 9.22. The molecule has 0 radical (unpaired) electrons. The molecular formula is C25H26FN5O3S. The number of hydrogen-bond donors (Lipinski definition) is 1. The molecule has 10 heteroatoms. The average Bonchev–Trinajstić information content (AvgIpc) is 3.23. The molecule has 182 valence electrons. The van der Waals surface area contributed by atoms with Crippen LogP contribution in [0.1, 0.15) is 17.5 Å². The zero-order valence-corrected chi connectivity index (χ0v) is 20.3. The SMILES string of the molecule is Cn1c(=O)c2nc(SCCC(=O)NCc3ccc(F)cc3)n(CCc3ccccc3)c2n(C)c1=O. The quantitative estimate of drug-likeness (QED) is 0.361. The molecule has 0 spiro atoms. The number of nitrogens with zero attached hydrogens (tertiary/aromatic N) is 4. The summed E-state index contributed by atoms with van der Waals surface area (Å²) in [4.78, 5) is 42.2. The van der Waals surface area contributed by atoms with Crippen molar-refractivity contribution in [2.45, 2.75) is 31.1 Å². The Kier molecular flexibility index (Phi) is 7.50. The fourth-order valence-electron chi connectivity index (χ4n) is 3.79. The third-order valence-corrected chi connectivity index (χ3v) is 6.71. The van der Waals surface area contributed by atoms with Gasteiger partial charge in [-0.2, -0.15) is 0 Å². The van der Waals surface area contributed by atoms with E-state index in [2.05, 4.69) is 10.3 Å². The maximum absolute atomic E-state index is 13.0. The minimum Gasteiger partial charge on any atom is -0.352 e. The van der Waals surface area contributed by atoms with Crippen LogP contribution in [-0.4, -0.2) is 30.3 Å². The van der Waals surface area contributed by atoms with Gasteiger partial charge in [-0.3, -0.25) is 18.7 Å². The predicted molar refractivity (Wildman–Crippen MR) is 134 cm³/mol. The van der Waals surface area contributed by atoms with E-state index >= 15 is 0 Å². The van der Waals surface area contributed by atoms with E-state index in [0.717, 1.165) is 15.7 Å². The zero-order chi connectivity index (χ0) is 24.9. The maximum atomic E-state index is 13.0. The normalized spacial score (nSPS) is 11.2. The maximum Gasteiger partial charge on any atom is 0.332 e. The lowest BCUT2D eigenvalue weighted by Gasteiger charge is -2.11. The van der Waals surface area contributed by atoms with Crippen molar-refractivity contribution >= 4 is 28.8 Å². The van der Waals surface area contributed by atoms with E-state index in [9.17, 15) is 18.8 Å². The highest BCUT2D eigenvalue weighted by molar-refractivity contribution is 7.99. The Bertz CT molecular complexity index is 1460. The summed E-state index contributed by atoms with van der Waals surface area (Å²) in [7, 11) is 3.06. The number of carbonyl (C=O) groups is 1. The van der Waals surface area contributed by atoms with Crippen LogP contribution in [0.15, 0.2) is 69.3 Å². The van der Waals surface area contributed by atoms with Gasteiger partial charge in [0.2, 0.25) is 5.91 Å². The monoisotopic (exact) mass is 495 g/mol. The Balaban J connectivity index is 1.50. The Labute approximate surface area is 205 Å². The molecule has 4 rings (SSSR count). The highest BCUT2D eigenvalue weighted by atomic mass is 32.2. The molecule has 0 atom stereocenters. The largest absolute Gasteiger partial charge is 0.352 e. The number of carbonyl (C=O) groups excluding carboxylic acids is 1. The van der Waals surface area contributed by atoms with Crippen molar-refractivity contribution in [1.82, 2.24) is 24.0 Å². The third-order valence-electron chi connectivity index (χ3n) is 5.73. The van der Waals surface area contributed by atoms with Crippen LogP contribution in [0.3, 0.4) is 0 Å². The van der Waals surface area contributed by atoms with Crippen molar-refractivity contribution < 1.29 is 9.18 Å². The Hall–Kier alpha value is -3.66. The number of fused-ring (bicyclic) bond motifs is 1. The van der Waals surface area contributed by atoms with E-state index in [4.69, 9.17) is 0 Å². The highest BCUT2D eigenvalue weighted by Crippen LogP contribution is 2.23. The fourth-order valence-corrected chi connectivity index (χ4v) is 4.75. The van der Waals surface area contributed by atoms with E-state index in [0.29, 0.717) is 36.1 Å². The molecule has 2 aromatic heterocycles. The molecule has 2 aromatic carbocycles. The number of nitrogens with one attached hydrogen (secondary N) is 1. The van der Waals surface area contributed by atoms with Crippen LogP contribution in [0.25, 0.3) is 11.2 Å². The van der Waals surface area contributed by atoms with Crippen molar-refractivity contribution in [2.75, 3.05) is 5.75 Å². The van der Waals surface area contributed by atoms with Gasteiger partial charge in [-0.1, -0.05) is 54.2 Å². The number of imidazole rings is 1. The van der Waals surface area contributed by atoms with Crippen molar-refractivity contribution in [2.24, 2.45) is 14.1 Å². The van der Waals surface area contributed by atoms with E-state index in [1.807, 2.05) is 34.9 Å². The first-order chi connectivity index (χ1) is 16.8. The van der Waals surface area contributed by atoms with E-state index in [1.54, 1.807) is 19.2 Å². The average molecular weight is 496 g/mol. The summed E-state index contributed by atoms with van der Waals surface area (Å²) in [6.45, 7) is 0.845. The van der Waals surface area contributed by atoms with E-state index in [-0.39, 0.29) is 23.7 Å². The molecule has 8 nitrogen and oxygen atoms in total. The minimum atomic E-state index is -0.444. The molecular weight excluding hydrogens is 469 g/mol. The molecule has 0 fully saturated rings. The van der Waals surface area contributed by atoms with Gasteiger partial charge >= 0.3 is 5.69 Å². The van der Waals surface area contributed by atoms with Crippen molar-refractivity contribution in [3.05, 3.63) is 92.4 Å². The molecule has 0 aliphatic rings. The van der Waals surface area contributed by atoms with Gasteiger partial charge in [0, 0.05) is 39.4 Å². The summed E-state index contributed by atoms with van der Waals surface area (Å²) in [5.74, 6) is -0.0194. The minimum absolute atomic E-state index is 0.142. The first-order valence-electron chi connectivity index (χ1n) is 11.2. The van der Waals surface area contributed by atoms with Crippen LogP contribution < -0.4 is 16.6 Å². The summed E-state index contributed by atoms with van der Waals surface area (Å²) in [5, 5.41) is 3.41. The number of benzene rings is 2. The lowest BCUT2D eigenvalue weighted by Crippen LogP contribution is -2.37. The lowest BCUT2D eigenvalue weighted by molar-refractivity contribution is -0.120. The van der Waals surface area contributed by atoms with Gasteiger partial charge in [0.05, 0.1) is 0 Å². The van der Waals surface area contributed by atoms with Gasteiger partial charge < -0.3 is 9.88 Å². The van der Waals surface area contributed by atoms with Crippen LogP contribution in [0.5, 0.6) is 0 Å². The Morgan fingerprint density at radius 2 is 1.71 bits per heavy atom. The number of hydrogen-bond acceptors (Lipinski definition) is 5. The molecule has 1 N–H and O–H groups in total. The summed E-state index contributed by atoms with van der Waals surface area (Å²) < 4.78 is 17.4. The fraction of sp³-hybridized carbons (Fsp3) is 0.280. The molecule has 1 amide bonds. The van der Waals surface area contributed by atoms with Gasteiger partial charge in [-0.05, 0) is 29.7 Å². The van der Waals surface area contributed by atoms with Crippen LogP contribution in [-0.2, 0) is 38.4 Å². The zero-order valence-electron chi connectivity index (χ0n) is 19.5. The molecule has 2 heterocycles. The molecule has 0 aliphatic heterocycles. The molecule has 4 aromatic rings. The standard InChI is InChI=1S/C25H26FN5O3S/c1-29-22-21(23(33)30(2)25(29)34)28-24(31(22)14-12-17-6-4-3-5-7-17)35-15-13-20(32)27-16-18-8-10-19(26)11-9-18/h3-11H,12-16H2,1-2H3,(H,27,32). The smallest absolute Gasteiger partial charge is 0.332 e. The predicted octanol–water partition coefficient (Wildman–Crippen LogP) is 2.61. The van der Waals surface area contributed by atoms with Crippen molar-refractivity contribution in [3.8, 4) is 0 Å². The van der Waals surface area contributed by atoms with Crippen LogP contribution in [0, 0.1) is 5.82 Å². The molecule has 0 aliphatic carbocycles. The van der Waals surface area contributed by atoms with Gasteiger partial charge in [-0.15, -0.1) is 0 Å². The van der Waals surface area contributed by atoms with Gasteiger partial charge in [0.25, 0.3) is 5.56 Å². The third kappa shape index (κ3) is 5.54. The topological polar surface area (TPSA) is 90.9 Å². The highest BCUT2D eigenvalue weighted by Gasteiger charge is 2.19. The van der Waals surface area contributed by atoms with Gasteiger partial charge in [-0.25, -0.2) is 14.2 Å². The molecule has 0 saturated heterocycles. The Morgan fingerprint density at radius 1 is 1.00 bits per heavy atom. The molecule has 0 saturated carbocycles.